The largest absolute Gasteiger partial charge is 0.480 e. The second-order valence-corrected chi connectivity index (χ2v) is 5.49. The van der Waals surface area contributed by atoms with E-state index in [-0.39, 0.29) is 11.7 Å². The van der Waals surface area contributed by atoms with Gasteiger partial charge in [-0.25, -0.2) is 4.39 Å². The fourth-order valence-electron chi connectivity index (χ4n) is 1.65. The average molecular weight is 318 g/mol. The zero-order chi connectivity index (χ0) is 13.7. The van der Waals surface area contributed by atoms with E-state index in [2.05, 4.69) is 21.2 Å². The van der Waals surface area contributed by atoms with Crippen molar-refractivity contribution >= 4 is 21.9 Å². The number of hydrogen-bond donors (Lipinski definition) is 2. The molecule has 1 aromatic carbocycles. The number of nitrogens with one attached hydrogen (secondary N) is 1. The molecule has 0 aliphatic carbocycles. The minimum atomic E-state index is -0.878. The molecule has 0 saturated carbocycles. The van der Waals surface area contributed by atoms with Crippen molar-refractivity contribution in [2.45, 2.75) is 32.9 Å². The van der Waals surface area contributed by atoms with Crippen molar-refractivity contribution in [3.8, 4) is 0 Å². The predicted octanol–water partition coefficient (Wildman–Crippen LogP) is 3.18. The number of aliphatic carboxylic acids is 1. The third kappa shape index (κ3) is 4.74. The summed E-state index contributed by atoms with van der Waals surface area (Å²) in [6.45, 7) is 4.26. The molecule has 0 bridgehead atoms. The van der Waals surface area contributed by atoms with Crippen LogP contribution in [0.2, 0.25) is 0 Å². The predicted molar refractivity (Wildman–Crippen MR) is 71.8 cm³/mol. The molecule has 3 nitrogen and oxygen atoms in total. The maximum Gasteiger partial charge on any atom is 0.320 e. The van der Waals surface area contributed by atoms with Crippen molar-refractivity contribution in [3.05, 3.63) is 34.1 Å². The van der Waals surface area contributed by atoms with E-state index < -0.39 is 12.0 Å². The molecular formula is C13H17BrFNO2. The summed E-state index contributed by atoms with van der Waals surface area (Å²) in [5, 5.41) is 12.0. The lowest BCUT2D eigenvalue weighted by atomic mass is 10.0. The number of rotatable bonds is 6. The van der Waals surface area contributed by atoms with E-state index >= 15 is 0 Å². The fourth-order valence-corrected chi connectivity index (χ4v) is 2.04. The standard InChI is InChI=1S/C13H17BrFNO2/c1-8(2)5-12(13(17)18)16-7-9-6-10(15)3-4-11(9)14/h3-4,6,8,12,16H,5,7H2,1-2H3,(H,17,18)/t12-/m1/s1. The first-order valence-electron chi connectivity index (χ1n) is 5.80. The van der Waals surface area contributed by atoms with Gasteiger partial charge in [-0.05, 0) is 36.1 Å². The third-order valence-corrected chi connectivity index (χ3v) is 3.33. The molecule has 0 aliphatic heterocycles. The maximum atomic E-state index is 13.1. The first kappa shape index (κ1) is 15.1. The van der Waals surface area contributed by atoms with Crippen molar-refractivity contribution in [2.75, 3.05) is 0 Å². The van der Waals surface area contributed by atoms with Crippen molar-refractivity contribution in [2.24, 2.45) is 5.92 Å². The maximum absolute atomic E-state index is 13.1. The molecule has 0 radical (unpaired) electrons. The molecule has 100 valence electrons. The van der Waals surface area contributed by atoms with Crippen LogP contribution in [-0.2, 0) is 11.3 Å². The molecule has 2 N–H and O–H groups in total. The van der Waals surface area contributed by atoms with Gasteiger partial charge in [-0.3, -0.25) is 4.79 Å². The van der Waals surface area contributed by atoms with Crippen molar-refractivity contribution in [1.29, 1.82) is 0 Å². The lowest BCUT2D eigenvalue weighted by molar-refractivity contribution is -0.140. The van der Waals surface area contributed by atoms with Crippen LogP contribution in [-0.4, -0.2) is 17.1 Å². The Bertz CT molecular complexity index is 423. The van der Waals surface area contributed by atoms with E-state index in [1.54, 1.807) is 6.07 Å². The zero-order valence-electron chi connectivity index (χ0n) is 10.4. The highest BCUT2D eigenvalue weighted by molar-refractivity contribution is 9.10. The summed E-state index contributed by atoms with van der Waals surface area (Å²) in [5.41, 5.74) is 0.713. The van der Waals surface area contributed by atoms with Gasteiger partial charge in [-0.15, -0.1) is 0 Å². The number of carbonyl (C=O) groups is 1. The summed E-state index contributed by atoms with van der Waals surface area (Å²) in [6.07, 6.45) is 0.544. The summed E-state index contributed by atoms with van der Waals surface area (Å²) >= 11 is 3.31. The van der Waals surface area contributed by atoms with Gasteiger partial charge in [0, 0.05) is 11.0 Å². The zero-order valence-corrected chi connectivity index (χ0v) is 12.0. The highest BCUT2D eigenvalue weighted by Gasteiger charge is 2.18. The molecule has 0 aliphatic rings. The molecule has 0 unspecified atom stereocenters. The lowest BCUT2D eigenvalue weighted by Gasteiger charge is -2.17. The molecular weight excluding hydrogens is 301 g/mol. The first-order chi connectivity index (χ1) is 8.40. The summed E-state index contributed by atoms with van der Waals surface area (Å²) in [4.78, 5) is 11.1. The molecule has 0 spiro atoms. The molecule has 0 saturated heterocycles. The molecule has 1 aromatic rings. The Balaban J connectivity index is 2.66. The molecule has 1 atom stereocenters. The minimum absolute atomic E-state index is 0.287. The Morgan fingerprint density at radius 1 is 1.50 bits per heavy atom. The van der Waals surface area contributed by atoms with Crippen molar-refractivity contribution in [1.82, 2.24) is 5.32 Å². The quantitative estimate of drug-likeness (QED) is 0.847. The van der Waals surface area contributed by atoms with E-state index in [4.69, 9.17) is 5.11 Å². The number of carboxylic acids is 1. The van der Waals surface area contributed by atoms with Gasteiger partial charge >= 0.3 is 5.97 Å². The summed E-state index contributed by atoms with van der Waals surface area (Å²) in [7, 11) is 0. The van der Waals surface area contributed by atoms with Gasteiger partial charge in [0.15, 0.2) is 0 Å². The summed E-state index contributed by atoms with van der Waals surface area (Å²) in [5.74, 6) is -0.920. The molecule has 18 heavy (non-hydrogen) atoms. The molecule has 0 aromatic heterocycles. The molecule has 1 rings (SSSR count). The first-order valence-corrected chi connectivity index (χ1v) is 6.59. The van der Waals surface area contributed by atoms with E-state index in [0.717, 1.165) is 4.47 Å². The number of carboxylic acid groups (broad SMARTS) is 1. The van der Waals surface area contributed by atoms with Crippen LogP contribution < -0.4 is 5.32 Å². The molecule has 5 heteroatoms. The number of halogens is 2. The second-order valence-electron chi connectivity index (χ2n) is 4.64. The summed E-state index contributed by atoms with van der Waals surface area (Å²) in [6, 6.07) is 3.76. The average Bonchev–Trinajstić information content (AvgIpc) is 2.27. The SMILES string of the molecule is CC(C)C[C@@H](NCc1cc(F)ccc1Br)C(=O)O. The van der Waals surface area contributed by atoms with E-state index in [1.165, 1.54) is 12.1 Å². The van der Waals surface area contributed by atoms with Crippen LogP contribution in [0.15, 0.2) is 22.7 Å². The molecule has 0 amide bonds. The third-order valence-electron chi connectivity index (χ3n) is 2.55. The van der Waals surface area contributed by atoms with Gasteiger partial charge in [0.1, 0.15) is 11.9 Å². The monoisotopic (exact) mass is 317 g/mol. The van der Waals surface area contributed by atoms with Gasteiger partial charge in [0.25, 0.3) is 0 Å². The Hall–Kier alpha value is -0.940. The normalized spacial score (nSPS) is 12.7. The number of hydrogen-bond acceptors (Lipinski definition) is 2. The van der Waals surface area contributed by atoms with Crippen molar-refractivity contribution < 1.29 is 14.3 Å². The van der Waals surface area contributed by atoms with Crippen molar-refractivity contribution in [3.63, 3.8) is 0 Å². The Morgan fingerprint density at radius 3 is 2.72 bits per heavy atom. The van der Waals surface area contributed by atoms with Crippen LogP contribution >= 0.6 is 15.9 Å². The van der Waals surface area contributed by atoms with E-state index in [0.29, 0.717) is 18.5 Å². The Morgan fingerprint density at radius 2 is 2.17 bits per heavy atom. The summed E-state index contributed by atoms with van der Waals surface area (Å²) < 4.78 is 13.8. The van der Waals surface area contributed by atoms with Gasteiger partial charge in [0.05, 0.1) is 0 Å². The van der Waals surface area contributed by atoms with Crippen LogP contribution in [0.4, 0.5) is 4.39 Å². The fraction of sp³-hybridized carbons (Fsp3) is 0.462. The van der Waals surface area contributed by atoms with E-state index in [9.17, 15) is 9.18 Å². The molecule has 0 heterocycles. The Labute approximate surface area is 115 Å². The highest BCUT2D eigenvalue weighted by Crippen LogP contribution is 2.18. The van der Waals surface area contributed by atoms with Crippen LogP contribution in [0.25, 0.3) is 0 Å². The van der Waals surface area contributed by atoms with Crippen LogP contribution in [0.1, 0.15) is 25.8 Å². The van der Waals surface area contributed by atoms with Crippen LogP contribution in [0, 0.1) is 11.7 Å². The highest BCUT2D eigenvalue weighted by atomic mass is 79.9. The van der Waals surface area contributed by atoms with Gasteiger partial charge in [-0.2, -0.15) is 0 Å². The molecule has 0 fully saturated rings. The topological polar surface area (TPSA) is 49.3 Å². The minimum Gasteiger partial charge on any atom is -0.480 e. The van der Waals surface area contributed by atoms with Gasteiger partial charge < -0.3 is 10.4 Å². The van der Waals surface area contributed by atoms with Crippen LogP contribution in [0.5, 0.6) is 0 Å². The van der Waals surface area contributed by atoms with Gasteiger partial charge in [0.2, 0.25) is 0 Å². The number of benzene rings is 1. The van der Waals surface area contributed by atoms with E-state index in [1.807, 2.05) is 13.8 Å². The van der Waals surface area contributed by atoms with Crippen LogP contribution in [0.3, 0.4) is 0 Å². The lowest BCUT2D eigenvalue weighted by Crippen LogP contribution is -2.37. The van der Waals surface area contributed by atoms with Gasteiger partial charge in [-0.1, -0.05) is 29.8 Å². The Kier molecular flexibility index (Phi) is 5.75. The smallest absolute Gasteiger partial charge is 0.320 e. The second kappa shape index (κ2) is 6.85.